The second kappa shape index (κ2) is 8.58. The highest BCUT2D eigenvalue weighted by Crippen LogP contribution is 2.27. The zero-order valence-electron chi connectivity index (χ0n) is 14.0. The van der Waals surface area contributed by atoms with E-state index >= 15 is 0 Å². The van der Waals surface area contributed by atoms with Crippen LogP contribution in [-0.4, -0.2) is 23.7 Å². The smallest absolute Gasteiger partial charge is 0.311 e. The number of hydrazone groups is 1. The van der Waals surface area contributed by atoms with Gasteiger partial charge in [-0.1, -0.05) is 43.3 Å². The van der Waals surface area contributed by atoms with Crippen LogP contribution in [0.25, 0.3) is 0 Å². The molecule has 0 saturated heterocycles. The lowest BCUT2D eigenvalue weighted by atomic mass is 10.0. The van der Waals surface area contributed by atoms with E-state index in [-0.39, 0.29) is 24.0 Å². The first-order chi connectivity index (χ1) is 12.0. The number of amides is 1. The molecule has 0 fully saturated rings. The largest absolute Gasteiger partial charge is 0.477 e. The quantitative estimate of drug-likeness (QED) is 0.475. The molecule has 2 aromatic carbocycles. The van der Waals surface area contributed by atoms with Crippen LogP contribution in [0.3, 0.4) is 0 Å². The predicted molar refractivity (Wildman–Crippen MR) is 94.8 cm³/mol. The number of hydrogen-bond donors (Lipinski definition) is 1. The molecule has 0 aliphatic carbocycles. The van der Waals surface area contributed by atoms with Gasteiger partial charge < -0.3 is 4.74 Å². The van der Waals surface area contributed by atoms with Gasteiger partial charge in [0, 0.05) is 18.2 Å². The second-order valence-electron chi connectivity index (χ2n) is 5.53. The number of carbonyl (C=O) groups excluding carboxylic acids is 1. The summed E-state index contributed by atoms with van der Waals surface area (Å²) in [6.07, 6.45) is 1.61. The Balaban J connectivity index is 1.87. The molecular weight excluding hydrogens is 322 g/mol. The molecule has 2 rings (SSSR count). The Bertz CT molecular complexity index is 775. The van der Waals surface area contributed by atoms with Crippen LogP contribution in [0, 0.1) is 17.0 Å². The molecule has 1 amide bonds. The number of nitrogens with one attached hydrogen (secondary N) is 1. The third kappa shape index (κ3) is 5.42. The van der Waals surface area contributed by atoms with Crippen LogP contribution in [0.15, 0.2) is 53.6 Å². The Labute approximate surface area is 145 Å². The summed E-state index contributed by atoms with van der Waals surface area (Å²) in [7, 11) is 0. The molecule has 1 N–H and O–H groups in total. The van der Waals surface area contributed by atoms with Crippen molar-refractivity contribution in [1.82, 2.24) is 5.43 Å². The maximum absolute atomic E-state index is 11.8. The van der Waals surface area contributed by atoms with Crippen molar-refractivity contribution in [2.24, 2.45) is 5.10 Å². The molecule has 0 saturated carbocycles. The van der Waals surface area contributed by atoms with Gasteiger partial charge in [-0.05, 0) is 24.1 Å². The van der Waals surface area contributed by atoms with Crippen molar-refractivity contribution < 1.29 is 14.5 Å². The number of ether oxygens (including phenoxy) is 1. The summed E-state index contributed by atoms with van der Waals surface area (Å²) in [6.45, 7) is 3.34. The summed E-state index contributed by atoms with van der Waals surface area (Å²) in [5.74, 6) is -0.403. The minimum absolute atomic E-state index is 0.0422. The highest BCUT2D eigenvalue weighted by atomic mass is 16.6. The molecule has 2 aromatic rings. The predicted octanol–water partition coefficient (Wildman–Crippen LogP) is 3.19. The van der Waals surface area contributed by atoms with Gasteiger partial charge in [0.25, 0.3) is 5.91 Å². The molecule has 7 heteroatoms. The van der Waals surface area contributed by atoms with E-state index < -0.39 is 10.8 Å². The molecule has 1 unspecified atom stereocenters. The third-order valence-electron chi connectivity index (χ3n) is 3.48. The van der Waals surface area contributed by atoms with Crippen LogP contribution in [0.5, 0.6) is 5.75 Å². The fraction of sp³-hybridized carbons (Fsp3) is 0.222. The fourth-order valence-corrected chi connectivity index (χ4v) is 2.13. The number of nitro benzene ring substituents is 1. The lowest BCUT2D eigenvalue weighted by molar-refractivity contribution is -0.385. The summed E-state index contributed by atoms with van der Waals surface area (Å²) in [5.41, 5.74) is 3.99. The first-order valence-electron chi connectivity index (χ1n) is 7.72. The van der Waals surface area contributed by atoms with E-state index in [4.69, 9.17) is 4.74 Å². The Morgan fingerprint density at radius 1 is 1.32 bits per heavy atom. The van der Waals surface area contributed by atoms with E-state index in [0.717, 1.165) is 11.1 Å². The zero-order valence-corrected chi connectivity index (χ0v) is 14.0. The summed E-state index contributed by atoms with van der Waals surface area (Å²) in [4.78, 5) is 22.2. The average molecular weight is 341 g/mol. The Kier molecular flexibility index (Phi) is 6.22. The van der Waals surface area contributed by atoms with Gasteiger partial charge >= 0.3 is 5.69 Å². The molecule has 0 spiro atoms. The molecular formula is C18H19N3O4. The van der Waals surface area contributed by atoms with E-state index in [1.807, 2.05) is 37.3 Å². The van der Waals surface area contributed by atoms with Gasteiger partial charge in [0.1, 0.15) is 0 Å². The Morgan fingerprint density at radius 2 is 2.04 bits per heavy atom. The standard InChI is InChI=1S/C18H19N3O4/c1-13-8-9-17(16(10-13)21(23)24)25-12-18(22)20-19-11-14(2)15-6-4-3-5-7-15/h3-11,14H,12H2,1-2H3,(H,20,22)/b19-11-. The van der Waals surface area contributed by atoms with Gasteiger partial charge in [0.15, 0.2) is 12.4 Å². The van der Waals surface area contributed by atoms with Crippen molar-refractivity contribution in [1.29, 1.82) is 0 Å². The number of hydrogen-bond acceptors (Lipinski definition) is 5. The van der Waals surface area contributed by atoms with Crippen molar-refractivity contribution in [2.45, 2.75) is 19.8 Å². The van der Waals surface area contributed by atoms with Gasteiger partial charge in [0.2, 0.25) is 0 Å². The average Bonchev–Trinajstić information content (AvgIpc) is 2.61. The first-order valence-corrected chi connectivity index (χ1v) is 7.72. The van der Waals surface area contributed by atoms with E-state index in [1.54, 1.807) is 19.2 Å². The molecule has 1 atom stereocenters. The Hall–Kier alpha value is -3.22. The first kappa shape index (κ1) is 18.1. The molecule has 25 heavy (non-hydrogen) atoms. The maximum Gasteiger partial charge on any atom is 0.311 e. The molecule has 0 aliphatic rings. The molecule has 0 aliphatic heterocycles. The van der Waals surface area contributed by atoms with Crippen molar-refractivity contribution in [2.75, 3.05) is 6.61 Å². The minimum Gasteiger partial charge on any atom is -0.477 e. The number of rotatable bonds is 7. The van der Waals surface area contributed by atoms with Gasteiger partial charge in [-0.15, -0.1) is 0 Å². The highest BCUT2D eigenvalue weighted by molar-refractivity contribution is 5.79. The van der Waals surface area contributed by atoms with E-state index in [9.17, 15) is 14.9 Å². The van der Waals surface area contributed by atoms with Crippen LogP contribution in [0.4, 0.5) is 5.69 Å². The summed E-state index contributed by atoms with van der Waals surface area (Å²) in [6, 6.07) is 14.3. The van der Waals surface area contributed by atoms with Gasteiger partial charge in [-0.2, -0.15) is 5.10 Å². The second-order valence-corrected chi connectivity index (χ2v) is 5.53. The van der Waals surface area contributed by atoms with Crippen molar-refractivity contribution >= 4 is 17.8 Å². The minimum atomic E-state index is -0.542. The fourth-order valence-electron chi connectivity index (χ4n) is 2.13. The number of nitro groups is 1. The van der Waals surface area contributed by atoms with Crippen LogP contribution >= 0.6 is 0 Å². The molecule has 0 aromatic heterocycles. The Morgan fingerprint density at radius 3 is 2.72 bits per heavy atom. The molecule has 0 radical (unpaired) electrons. The lowest BCUT2D eigenvalue weighted by Gasteiger charge is -2.07. The normalized spacial score (nSPS) is 11.9. The van der Waals surface area contributed by atoms with Crippen molar-refractivity contribution in [3.63, 3.8) is 0 Å². The van der Waals surface area contributed by atoms with Crippen LogP contribution < -0.4 is 10.2 Å². The summed E-state index contributed by atoms with van der Waals surface area (Å²) >= 11 is 0. The van der Waals surface area contributed by atoms with E-state index in [0.29, 0.717) is 0 Å². The molecule has 0 bridgehead atoms. The maximum atomic E-state index is 11.8. The van der Waals surface area contributed by atoms with Crippen LogP contribution in [-0.2, 0) is 4.79 Å². The third-order valence-corrected chi connectivity index (χ3v) is 3.48. The zero-order chi connectivity index (χ0) is 18.2. The van der Waals surface area contributed by atoms with E-state index in [2.05, 4.69) is 10.5 Å². The van der Waals surface area contributed by atoms with Gasteiger partial charge in [0.05, 0.1) is 4.92 Å². The topological polar surface area (TPSA) is 93.8 Å². The number of carbonyl (C=O) groups is 1. The van der Waals surface area contributed by atoms with Crippen molar-refractivity contribution in [3.05, 3.63) is 69.8 Å². The number of nitrogens with zero attached hydrogens (tertiary/aromatic N) is 2. The highest BCUT2D eigenvalue weighted by Gasteiger charge is 2.16. The monoisotopic (exact) mass is 341 g/mol. The number of benzene rings is 2. The molecule has 0 heterocycles. The molecule has 7 nitrogen and oxygen atoms in total. The van der Waals surface area contributed by atoms with E-state index in [1.165, 1.54) is 12.1 Å². The van der Waals surface area contributed by atoms with Gasteiger partial charge in [-0.3, -0.25) is 14.9 Å². The van der Waals surface area contributed by atoms with Crippen LogP contribution in [0.2, 0.25) is 0 Å². The van der Waals surface area contributed by atoms with Gasteiger partial charge in [-0.25, -0.2) is 5.43 Å². The number of aryl methyl sites for hydroxylation is 1. The summed E-state index contributed by atoms with van der Waals surface area (Å²) < 4.78 is 5.23. The van der Waals surface area contributed by atoms with Crippen molar-refractivity contribution in [3.8, 4) is 5.75 Å². The SMILES string of the molecule is Cc1ccc(OCC(=O)N/N=C\C(C)c2ccccc2)c([N+](=O)[O-])c1. The van der Waals surface area contributed by atoms with Crippen LogP contribution in [0.1, 0.15) is 24.0 Å². The lowest BCUT2D eigenvalue weighted by Crippen LogP contribution is -2.25. The summed E-state index contributed by atoms with van der Waals surface area (Å²) in [5, 5.41) is 14.9. The molecule has 130 valence electrons.